The van der Waals surface area contributed by atoms with Gasteiger partial charge in [-0.1, -0.05) is 32.6 Å². The molecule has 0 radical (unpaired) electrons. The molecule has 0 aliphatic heterocycles. The topological polar surface area (TPSA) is 122 Å². The highest BCUT2D eigenvalue weighted by molar-refractivity contribution is 5.78. The van der Waals surface area contributed by atoms with Crippen LogP contribution in [0.25, 0.3) is 0 Å². The lowest BCUT2D eigenvalue weighted by atomic mass is 9.93. The van der Waals surface area contributed by atoms with Crippen LogP contribution < -0.4 is 0 Å². The number of aliphatic hydroxyl groups excluding tert-OH is 4. The van der Waals surface area contributed by atoms with Crippen LogP contribution in [-0.4, -0.2) is 94.6 Å². The molecule has 0 heterocycles. The van der Waals surface area contributed by atoms with Gasteiger partial charge < -0.3 is 30.2 Å². The van der Waals surface area contributed by atoms with Crippen molar-refractivity contribution in [3.05, 3.63) is 0 Å². The van der Waals surface area contributed by atoms with Gasteiger partial charge in [0.15, 0.2) is 0 Å². The molecule has 0 rings (SSSR count). The highest BCUT2D eigenvalue weighted by Crippen LogP contribution is 2.20. The minimum absolute atomic E-state index is 0.00954. The van der Waals surface area contributed by atoms with Gasteiger partial charge in [0.1, 0.15) is 0 Å². The van der Waals surface area contributed by atoms with E-state index in [1.54, 1.807) is 0 Å². The molecule has 0 aromatic heterocycles. The van der Waals surface area contributed by atoms with Gasteiger partial charge in [0.2, 0.25) is 11.8 Å². The second kappa shape index (κ2) is 17.8. The number of hydrogen-bond acceptors (Lipinski definition) is 6. The summed E-state index contributed by atoms with van der Waals surface area (Å²) in [6.07, 6.45) is 6.22. The average molecular weight is 405 g/mol. The van der Waals surface area contributed by atoms with Crippen molar-refractivity contribution in [1.82, 2.24) is 9.80 Å². The van der Waals surface area contributed by atoms with Gasteiger partial charge in [0, 0.05) is 38.5 Å². The van der Waals surface area contributed by atoms with Crippen LogP contribution in [-0.2, 0) is 9.59 Å². The van der Waals surface area contributed by atoms with Crippen molar-refractivity contribution in [2.24, 2.45) is 5.92 Å². The maximum atomic E-state index is 12.7. The van der Waals surface area contributed by atoms with Crippen LogP contribution in [0.2, 0.25) is 0 Å². The third-order valence-electron chi connectivity index (χ3n) is 4.84. The number of carbonyl (C=O) groups excluding carboxylic acids is 2. The molecule has 0 bridgehead atoms. The predicted octanol–water partition coefficient (Wildman–Crippen LogP) is 0.370. The Morgan fingerprint density at radius 2 is 1.21 bits per heavy atom. The zero-order valence-corrected chi connectivity index (χ0v) is 17.4. The number of unbranched alkanes of at least 4 members (excludes halogenated alkanes) is 3. The molecule has 2 amide bonds. The summed E-state index contributed by atoms with van der Waals surface area (Å²) >= 11 is 0. The Balaban J connectivity index is 4.44. The minimum atomic E-state index is -0.120. The maximum absolute atomic E-state index is 12.7. The first-order chi connectivity index (χ1) is 13.5. The Kier molecular flexibility index (Phi) is 17.1. The molecular weight excluding hydrogens is 364 g/mol. The molecule has 4 N–H and O–H groups in total. The molecule has 0 saturated heterocycles. The Morgan fingerprint density at radius 1 is 0.714 bits per heavy atom. The second-order valence-electron chi connectivity index (χ2n) is 7.04. The Labute approximate surface area is 169 Å². The first-order valence-corrected chi connectivity index (χ1v) is 10.6. The fraction of sp³-hybridized carbons (Fsp3) is 0.900. The molecule has 1 atom stereocenters. The molecule has 0 spiro atoms. The molecule has 0 aliphatic carbocycles. The lowest BCUT2D eigenvalue weighted by Crippen LogP contribution is -2.40. The quantitative estimate of drug-likeness (QED) is 0.245. The monoisotopic (exact) mass is 404 g/mol. The van der Waals surface area contributed by atoms with Gasteiger partial charge in [-0.2, -0.15) is 0 Å². The van der Waals surface area contributed by atoms with Crippen LogP contribution >= 0.6 is 0 Å². The average Bonchev–Trinajstić information content (AvgIpc) is 2.69. The highest BCUT2D eigenvalue weighted by Gasteiger charge is 2.23. The van der Waals surface area contributed by atoms with Crippen LogP contribution in [0, 0.1) is 5.92 Å². The fourth-order valence-corrected chi connectivity index (χ4v) is 3.28. The fourth-order valence-electron chi connectivity index (χ4n) is 3.28. The van der Waals surface area contributed by atoms with E-state index in [4.69, 9.17) is 20.4 Å². The van der Waals surface area contributed by atoms with Gasteiger partial charge in [-0.15, -0.1) is 0 Å². The third kappa shape index (κ3) is 11.6. The van der Waals surface area contributed by atoms with Crippen molar-refractivity contribution in [3.8, 4) is 0 Å². The van der Waals surface area contributed by atoms with Crippen LogP contribution in [0.15, 0.2) is 0 Å². The van der Waals surface area contributed by atoms with E-state index in [1.807, 2.05) is 0 Å². The van der Waals surface area contributed by atoms with E-state index < -0.39 is 0 Å². The van der Waals surface area contributed by atoms with Gasteiger partial charge >= 0.3 is 0 Å². The van der Waals surface area contributed by atoms with E-state index in [0.717, 1.165) is 38.5 Å². The number of nitrogens with zero attached hydrogens (tertiary/aromatic N) is 2. The van der Waals surface area contributed by atoms with Crippen LogP contribution in [0.3, 0.4) is 0 Å². The van der Waals surface area contributed by atoms with Gasteiger partial charge in [0.05, 0.1) is 26.4 Å². The van der Waals surface area contributed by atoms with E-state index in [-0.39, 0.29) is 70.3 Å². The molecule has 0 aliphatic rings. The van der Waals surface area contributed by atoms with Crippen LogP contribution in [0.5, 0.6) is 0 Å². The smallest absolute Gasteiger partial charge is 0.225 e. The molecule has 0 aromatic rings. The summed E-state index contributed by atoms with van der Waals surface area (Å²) < 4.78 is 0. The van der Waals surface area contributed by atoms with E-state index in [2.05, 4.69) is 6.92 Å². The molecule has 166 valence electrons. The summed E-state index contributed by atoms with van der Waals surface area (Å²) in [6.45, 7) is 2.55. The van der Waals surface area contributed by atoms with Crippen molar-refractivity contribution in [2.75, 3.05) is 52.6 Å². The predicted molar refractivity (Wildman–Crippen MR) is 108 cm³/mol. The number of hydrogen-bond donors (Lipinski definition) is 4. The molecule has 28 heavy (non-hydrogen) atoms. The first kappa shape index (κ1) is 26.8. The highest BCUT2D eigenvalue weighted by atomic mass is 16.3. The number of aliphatic hydroxyl groups is 4. The number of amides is 2. The van der Waals surface area contributed by atoms with E-state index in [1.165, 1.54) is 9.80 Å². The van der Waals surface area contributed by atoms with E-state index in [0.29, 0.717) is 12.8 Å². The minimum Gasteiger partial charge on any atom is -0.395 e. The lowest BCUT2D eigenvalue weighted by Gasteiger charge is -2.26. The molecule has 0 fully saturated rings. The Bertz CT molecular complexity index is 396. The number of carbonyl (C=O) groups is 2. The zero-order valence-electron chi connectivity index (χ0n) is 17.4. The maximum Gasteiger partial charge on any atom is 0.225 e. The largest absolute Gasteiger partial charge is 0.395 e. The third-order valence-corrected chi connectivity index (χ3v) is 4.84. The Hall–Kier alpha value is -1.22. The molecule has 0 aromatic carbocycles. The normalized spacial score (nSPS) is 12.0. The van der Waals surface area contributed by atoms with Crippen LogP contribution in [0.1, 0.15) is 58.3 Å². The summed E-state index contributed by atoms with van der Waals surface area (Å²) in [6, 6.07) is 0. The summed E-state index contributed by atoms with van der Waals surface area (Å²) in [5.41, 5.74) is 0. The molecule has 1 unspecified atom stereocenters. The van der Waals surface area contributed by atoms with Crippen molar-refractivity contribution >= 4 is 11.8 Å². The van der Waals surface area contributed by atoms with Crippen LogP contribution in [0.4, 0.5) is 0 Å². The molecule has 8 heteroatoms. The van der Waals surface area contributed by atoms with Gasteiger partial charge in [0.25, 0.3) is 0 Å². The molecule has 8 nitrogen and oxygen atoms in total. The molecular formula is C20H40N2O6. The van der Waals surface area contributed by atoms with Crippen molar-refractivity contribution in [3.63, 3.8) is 0 Å². The second-order valence-corrected chi connectivity index (χ2v) is 7.04. The van der Waals surface area contributed by atoms with Gasteiger partial charge in [-0.3, -0.25) is 9.59 Å². The van der Waals surface area contributed by atoms with Crippen molar-refractivity contribution in [2.45, 2.75) is 58.3 Å². The lowest BCUT2D eigenvalue weighted by molar-refractivity contribution is -0.137. The summed E-state index contributed by atoms with van der Waals surface area (Å²) in [5, 5.41) is 36.3. The first-order valence-electron chi connectivity index (χ1n) is 10.6. The Morgan fingerprint density at radius 3 is 1.71 bits per heavy atom. The summed E-state index contributed by atoms with van der Waals surface area (Å²) in [4.78, 5) is 27.8. The summed E-state index contributed by atoms with van der Waals surface area (Å²) in [5.74, 6) is -0.197. The number of rotatable bonds is 18. The van der Waals surface area contributed by atoms with Gasteiger partial charge in [-0.25, -0.2) is 0 Å². The molecule has 0 saturated carbocycles. The van der Waals surface area contributed by atoms with E-state index in [9.17, 15) is 9.59 Å². The SMILES string of the molecule is CCCCC(CCCCCC(=O)N(CCO)CCO)C(=O)N(CCO)CCO. The summed E-state index contributed by atoms with van der Waals surface area (Å²) in [7, 11) is 0. The standard InChI is InChI=1S/C20H40N2O6/c1-2-3-7-18(20(28)22(12-16-25)13-17-26)8-5-4-6-9-19(27)21(10-14-23)11-15-24/h18,23-26H,2-17H2,1H3. The zero-order chi connectivity index (χ0) is 21.2. The van der Waals surface area contributed by atoms with Gasteiger partial charge in [-0.05, 0) is 19.3 Å². The van der Waals surface area contributed by atoms with Crippen molar-refractivity contribution in [1.29, 1.82) is 0 Å². The van der Waals surface area contributed by atoms with E-state index >= 15 is 0 Å². The van der Waals surface area contributed by atoms with Crippen molar-refractivity contribution < 1.29 is 30.0 Å².